The van der Waals surface area contributed by atoms with Crippen LogP contribution < -0.4 is 5.32 Å². The fourth-order valence-electron chi connectivity index (χ4n) is 1.62. The van der Waals surface area contributed by atoms with Gasteiger partial charge in [-0.1, -0.05) is 27.7 Å². The zero-order valence-corrected chi connectivity index (χ0v) is 12.5. The molecular formula is C15H20F3NO2. The summed E-state index contributed by atoms with van der Waals surface area (Å²) >= 11 is 0. The van der Waals surface area contributed by atoms with Gasteiger partial charge in [0.25, 0.3) is 0 Å². The third kappa shape index (κ3) is 4.65. The van der Waals surface area contributed by atoms with Crippen molar-refractivity contribution in [3.8, 4) is 0 Å². The van der Waals surface area contributed by atoms with E-state index in [1.807, 2.05) is 27.7 Å². The van der Waals surface area contributed by atoms with Crippen molar-refractivity contribution < 1.29 is 23.1 Å². The highest BCUT2D eigenvalue weighted by atomic mass is 19.4. The smallest absolute Gasteiger partial charge is 0.416 e. The number of alkyl halides is 3. The fraction of sp³-hybridized carbons (Fsp3) is 0.533. The molecule has 0 heterocycles. The number of carboxylic acid groups (broad SMARTS) is 1. The van der Waals surface area contributed by atoms with Crippen molar-refractivity contribution in [2.24, 2.45) is 11.3 Å². The molecule has 1 atom stereocenters. The predicted octanol–water partition coefficient (Wildman–Crippen LogP) is 4.50. The van der Waals surface area contributed by atoms with E-state index >= 15 is 0 Å². The zero-order chi connectivity index (χ0) is 16.4. The first kappa shape index (κ1) is 17.3. The minimum atomic E-state index is -4.55. The van der Waals surface area contributed by atoms with Crippen LogP contribution in [0.25, 0.3) is 0 Å². The second kappa shape index (κ2) is 5.95. The quantitative estimate of drug-likeness (QED) is 0.861. The first-order valence-electron chi connectivity index (χ1n) is 6.61. The maximum Gasteiger partial charge on any atom is 0.416 e. The molecule has 0 bridgehead atoms. The van der Waals surface area contributed by atoms with E-state index in [9.17, 15) is 18.0 Å². The standard InChI is InChI=1S/C15H20F3NO2/c1-9(14(2,3)4)8-19-12-6-5-10(15(16,17)18)7-11(12)13(20)21/h5-7,9,19H,8H2,1-4H3,(H,20,21). The number of benzene rings is 1. The molecule has 3 nitrogen and oxygen atoms in total. The highest BCUT2D eigenvalue weighted by Crippen LogP contribution is 2.32. The number of nitrogens with one attached hydrogen (secondary N) is 1. The van der Waals surface area contributed by atoms with Crippen LogP contribution in [0.15, 0.2) is 18.2 Å². The fourth-order valence-corrected chi connectivity index (χ4v) is 1.62. The molecular weight excluding hydrogens is 283 g/mol. The minimum Gasteiger partial charge on any atom is -0.478 e. The van der Waals surface area contributed by atoms with E-state index < -0.39 is 17.7 Å². The Bertz CT molecular complexity index is 519. The van der Waals surface area contributed by atoms with Gasteiger partial charge in [0.1, 0.15) is 0 Å². The molecule has 0 radical (unpaired) electrons. The van der Waals surface area contributed by atoms with Crippen LogP contribution in [0.5, 0.6) is 0 Å². The topological polar surface area (TPSA) is 49.3 Å². The average Bonchev–Trinajstić information content (AvgIpc) is 2.33. The summed E-state index contributed by atoms with van der Waals surface area (Å²) in [4.78, 5) is 11.1. The number of anilines is 1. The molecule has 118 valence electrons. The lowest BCUT2D eigenvalue weighted by Gasteiger charge is -2.28. The summed E-state index contributed by atoms with van der Waals surface area (Å²) in [5, 5.41) is 12.0. The van der Waals surface area contributed by atoms with Crippen molar-refractivity contribution in [1.82, 2.24) is 0 Å². The van der Waals surface area contributed by atoms with E-state index in [2.05, 4.69) is 5.32 Å². The van der Waals surface area contributed by atoms with Gasteiger partial charge in [0.15, 0.2) is 0 Å². The summed E-state index contributed by atoms with van der Waals surface area (Å²) in [7, 11) is 0. The van der Waals surface area contributed by atoms with Crippen LogP contribution in [0.2, 0.25) is 0 Å². The predicted molar refractivity (Wildman–Crippen MR) is 75.5 cm³/mol. The van der Waals surface area contributed by atoms with Crippen molar-refractivity contribution in [2.75, 3.05) is 11.9 Å². The number of hydrogen-bond donors (Lipinski definition) is 2. The summed E-state index contributed by atoms with van der Waals surface area (Å²) in [6, 6.07) is 2.71. The van der Waals surface area contributed by atoms with E-state index in [0.717, 1.165) is 6.07 Å². The number of carboxylic acids is 1. The van der Waals surface area contributed by atoms with Gasteiger partial charge in [0.05, 0.1) is 11.1 Å². The first-order chi connectivity index (χ1) is 9.43. The van der Waals surface area contributed by atoms with Gasteiger partial charge in [0, 0.05) is 12.2 Å². The Balaban J connectivity index is 3.01. The number of hydrogen-bond acceptors (Lipinski definition) is 2. The van der Waals surface area contributed by atoms with E-state index in [1.165, 1.54) is 6.07 Å². The number of carbonyl (C=O) groups is 1. The van der Waals surface area contributed by atoms with Gasteiger partial charge < -0.3 is 10.4 Å². The highest BCUT2D eigenvalue weighted by Gasteiger charge is 2.32. The highest BCUT2D eigenvalue weighted by molar-refractivity contribution is 5.94. The van der Waals surface area contributed by atoms with Crippen molar-refractivity contribution >= 4 is 11.7 Å². The molecule has 2 N–H and O–H groups in total. The monoisotopic (exact) mass is 303 g/mol. The first-order valence-corrected chi connectivity index (χ1v) is 6.61. The number of aromatic carboxylic acids is 1. The summed E-state index contributed by atoms with van der Waals surface area (Å²) in [5.41, 5.74) is -1.12. The van der Waals surface area contributed by atoms with E-state index in [-0.39, 0.29) is 22.6 Å². The Morgan fingerprint density at radius 2 is 1.86 bits per heavy atom. The average molecular weight is 303 g/mol. The van der Waals surface area contributed by atoms with E-state index in [0.29, 0.717) is 12.6 Å². The van der Waals surface area contributed by atoms with Crippen molar-refractivity contribution in [3.63, 3.8) is 0 Å². The van der Waals surface area contributed by atoms with E-state index in [4.69, 9.17) is 5.11 Å². The lowest BCUT2D eigenvalue weighted by Crippen LogP contribution is -2.25. The van der Waals surface area contributed by atoms with Gasteiger partial charge in [-0.3, -0.25) is 0 Å². The van der Waals surface area contributed by atoms with Gasteiger partial charge in [-0.2, -0.15) is 13.2 Å². The molecule has 0 aliphatic rings. The molecule has 0 saturated carbocycles. The molecule has 0 aliphatic heterocycles. The Labute approximate surface area is 122 Å². The molecule has 1 unspecified atom stereocenters. The third-order valence-corrected chi connectivity index (χ3v) is 3.65. The van der Waals surface area contributed by atoms with Crippen LogP contribution in [0.4, 0.5) is 18.9 Å². The molecule has 1 rings (SSSR count). The molecule has 0 amide bonds. The normalized spacial score (nSPS) is 13.9. The lowest BCUT2D eigenvalue weighted by atomic mass is 9.82. The minimum absolute atomic E-state index is 0.0162. The molecule has 0 fully saturated rings. The number of halogens is 3. The van der Waals surface area contributed by atoms with Crippen molar-refractivity contribution in [3.05, 3.63) is 29.3 Å². The largest absolute Gasteiger partial charge is 0.478 e. The number of rotatable bonds is 4. The summed E-state index contributed by atoms with van der Waals surface area (Å²) in [5.74, 6) is -1.16. The van der Waals surface area contributed by atoms with Gasteiger partial charge in [-0.15, -0.1) is 0 Å². The van der Waals surface area contributed by atoms with Crippen LogP contribution in [-0.2, 0) is 6.18 Å². The third-order valence-electron chi connectivity index (χ3n) is 3.65. The second-order valence-electron chi connectivity index (χ2n) is 6.21. The Morgan fingerprint density at radius 1 is 1.29 bits per heavy atom. The summed E-state index contributed by atoms with van der Waals surface area (Å²) < 4.78 is 37.9. The molecule has 0 aliphatic carbocycles. The van der Waals surface area contributed by atoms with Crippen LogP contribution in [-0.4, -0.2) is 17.6 Å². The summed E-state index contributed by atoms with van der Waals surface area (Å²) in [6.45, 7) is 8.62. The summed E-state index contributed by atoms with van der Waals surface area (Å²) in [6.07, 6.45) is -4.55. The molecule has 21 heavy (non-hydrogen) atoms. The van der Waals surface area contributed by atoms with Crippen LogP contribution >= 0.6 is 0 Å². The molecule has 0 spiro atoms. The second-order valence-corrected chi connectivity index (χ2v) is 6.21. The maximum absolute atomic E-state index is 12.6. The molecule has 6 heteroatoms. The van der Waals surface area contributed by atoms with Crippen LogP contribution in [0, 0.1) is 11.3 Å². The molecule has 0 saturated heterocycles. The van der Waals surface area contributed by atoms with Gasteiger partial charge in [-0.05, 0) is 29.5 Å². The Kier molecular flexibility index (Phi) is 4.91. The van der Waals surface area contributed by atoms with Gasteiger partial charge >= 0.3 is 12.1 Å². The van der Waals surface area contributed by atoms with Gasteiger partial charge in [-0.25, -0.2) is 4.79 Å². The van der Waals surface area contributed by atoms with Crippen LogP contribution in [0.3, 0.4) is 0 Å². The van der Waals surface area contributed by atoms with Crippen molar-refractivity contribution in [1.29, 1.82) is 0 Å². The van der Waals surface area contributed by atoms with Crippen LogP contribution in [0.1, 0.15) is 43.6 Å². The Morgan fingerprint density at radius 3 is 2.29 bits per heavy atom. The molecule has 1 aromatic rings. The molecule has 0 aromatic heterocycles. The van der Waals surface area contributed by atoms with Gasteiger partial charge in [0.2, 0.25) is 0 Å². The van der Waals surface area contributed by atoms with E-state index in [1.54, 1.807) is 0 Å². The van der Waals surface area contributed by atoms with Crippen molar-refractivity contribution in [2.45, 2.75) is 33.9 Å². The molecule has 1 aromatic carbocycles. The Hall–Kier alpha value is -1.72. The SMILES string of the molecule is CC(CNc1ccc(C(F)(F)F)cc1C(=O)O)C(C)(C)C. The lowest BCUT2D eigenvalue weighted by molar-refractivity contribution is -0.137. The maximum atomic E-state index is 12.6. The zero-order valence-electron chi connectivity index (χ0n) is 12.5.